The molecule has 2 aromatic carbocycles. The zero-order valence-corrected chi connectivity index (χ0v) is 19.8. The molecule has 0 aromatic heterocycles. The van der Waals surface area contributed by atoms with E-state index in [2.05, 4.69) is 4.74 Å². The lowest BCUT2D eigenvalue weighted by molar-refractivity contribution is 0.0600. The Bertz CT molecular complexity index is 1270. The number of ether oxygens (including phenoxy) is 1. The maximum atomic E-state index is 13.4. The van der Waals surface area contributed by atoms with Crippen molar-refractivity contribution in [1.29, 1.82) is 0 Å². The molecule has 0 saturated carbocycles. The van der Waals surface area contributed by atoms with E-state index in [9.17, 15) is 21.6 Å². The number of esters is 1. The van der Waals surface area contributed by atoms with E-state index in [4.69, 9.17) is 11.6 Å². The van der Waals surface area contributed by atoms with Gasteiger partial charge in [0.1, 0.15) is 4.90 Å². The second-order valence-corrected chi connectivity index (χ2v) is 11.9. The molecule has 2 aliphatic heterocycles. The Hall–Kier alpha value is -2.14. The number of piperidine rings is 1. The topological polar surface area (TPSA) is 101 Å². The van der Waals surface area contributed by atoms with Crippen molar-refractivity contribution in [2.45, 2.75) is 35.5 Å². The molecule has 1 fully saturated rings. The van der Waals surface area contributed by atoms with Gasteiger partial charge in [0.25, 0.3) is 10.0 Å². The van der Waals surface area contributed by atoms with Crippen LogP contribution in [0.25, 0.3) is 0 Å². The number of nitrogens with zero attached hydrogens (tertiary/aromatic N) is 2. The van der Waals surface area contributed by atoms with Crippen LogP contribution in [-0.2, 0) is 31.2 Å². The molecule has 8 nitrogen and oxygen atoms in total. The van der Waals surface area contributed by atoms with Crippen LogP contribution in [0.5, 0.6) is 0 Å². The number of methoxy groups -OCH3 is 1. The van der Waals surface area contributed by atoms with Gasteiger partial charge in [-0.15, -0.1) is 0 Å². The van der Waals surface area contributed by atoms with Crippen LogP contribution in [0.4, 0.5) is 5.69 Å². The normalized spacial score (nSPS) is 17.2. The van der Waals surface area contributed by atoms with E-state index in [1.807, 2.05) is 0 Å². The molecule has 0 atom stereocenters. The van der Waals surface area contributed by atoms with Gasteiger partial charge in [-0.25, -0.2) is 21.6 Å². The highest BCUT2D eigenvalue weighted by Crippen LogP contribution is 2.37. The first kappa shape index (κ1) is 23.0. The summed E-state index contributed by atoms with van der Waals surface area (Å²) in [6, 6.07) is 8.45. The molecule has 32 heavy (non-hydrogen) atoms. The minimum atomic E-state index is -4.08. The zero-order valence-electron chi connectivity index (χ0n) is 17.5. The summed E-state index contributed by atoms with van der Waals surface area (Å²) in [5.74, 6) is -0.674. The first-order chi connectivity index (χ1) is 15.2. The molecule has 0 amide bonds. The molecule has 0 spiro atoms. The van der Waals surface area contributed by atoms with Crippen LogP contribution >= 0.6 is 11.6 Å². The largest absolute Gasteiger partial charge is 0.465 e. The van der Waals surface area contributed by atoms with E-state index in [0.29, 0.717) is 30.8 Å². The average Bonchev–Trinajstić information content (AvgIpc) is 3.23. The van der Waals surface area contributed by atoms with Crippen molar-refractivity contribution in [3.05, 3.63) is 52.5 Å². The molecule has 1 saturated heterocycles. The van der Waals surface area contributed by atoms with Gasteiger partial charge in [0.2, 0.25) is 10.0 Å². The van der Waals surface area contributed by atoms with Gasteiger partial charge in [0.15, 0.2) is 0 Å². The standard InChI is InChI=1S/C21H23ClN2O6S2/c1-30-21(25)16-5-7-18(22)20(14-16)32(28,29)24-12-9-15-13-17(6-8-19(15)24)31(26,27)23-10-3-2-4-11-23/h5-8,13-14H,2-4,9-12H2,1H3. The summed E-state index contributed by atoms with van der Waals surface area (Å²) in [6.45, 7) is 1.13. The lowest BCUT2D eigenvalue weighted by Gasteiger charge is -2.26. The van der Waals surface area contributed by atoms with Crippen molar-refractivity contribution in [3.63, 3.8) is 0 Å². The van der Waals surface area contributed by atoms with Crippen LogP contribution in [-0.4, -0.2) is 53.9 Å². The van der Waals surface area contributed by atoms with Gasteiger partial charge in [0.05, 0.1) is 28.3 Å². The van der Waals surface area contributed by atoms with E-state index in [1.54, 1.807) is 6.07 Å². The van der Waals surface area contributed by atoms with E-state index < -0.39 is 26.0 Å². The molecule has 0 unspecified atom stereocenters. The predicted molar refractivity (Wildman–Crippen MR) is 120 cm³/mol. The van der Waals surface area contributed by atoms with E-state index in [1.165, 1.54) is 46.1 Å². The van der Waals surface area contributed by atoms with Crippen LogP contribution < -0.4 is 4.31 Å². The molecular weight excluding hydrogens is 476 g/mol. The van der Waals surface area contributed by atoms with Gasteiger partial charge < -0.3 is 4.74 Å². The SMILES string of the molecule is COC(=O)c1ccc(Cl)c(S(=O)(=O)N2CCc3cc(S(=O)(=O)N4CCCCC4)ccc32)c1. The zero-order chi connectivity index (χ0) is 23.1. The molecule has 0 radical (unpaired) electrons. The predicted octanol–water partition coefficient (Wildman–Crippen LogP) is 3.05. The molecule has 2 heterocycles. The maximum Gasteiger partial charge on any atom is 0.337 e. The summed E-state index contributed by atoms with van der Waals surface area (Å²) >= 11 is 6.16. The van der Waals surface area contributed by atoms with Gasteiger partial charge in [-0.2, -0.15) is 4.31 Å². The fraction of sp³-hybridized carbons (Fsp3) is 0.381. The lowest BCUT2D eigenvalue weighted by atomic mass is 10.2. The number of hydrogen-bond donors (Lipinski definition) is 0. The third kappa shape index (κ3) is 4.00. The van der Waals surface area contributed by atoms with E-state index >= 15 is 0 Å². The maximum absolute atomic E-state index is 13.4. The van der Waals surface area contributed by atoms with Gasteiger partial charge in [-0.3, -0.25) is 4.31 Å². The lowest BCUT2D eigenvalue weighted by Crippen LogP contribution is -2.35. The number of fused-ring (bicyclic) bond motifs is 1. The first-order valence-corrected chi connectivity index (χ1v) is 13.5. The highest BCUT2D eigenvalue weighted by atomic mass is 35.5. The minimum absolute atomic E-state index is 0.0181. The quantitative estimate of drug-likeness (QED) is 0.587. The van der Waals surface area contributed by atoms with Gasteiger partial charge in [-0.05, 0) is 61.2 Å². The molecule has 0 bridgehead atoms. The van der Waals surface area contributed by atoms with Gasteiger partial charge in [0, 0.05) is 19.6 Å². The number of rotatable bonds is 5. The Balaban J connectivity index is 1.69. The highest BCUT2D eigenvalue weighted by molar-refractivity contribution is 7.93. The molecule has 0 N–H and O–H groups in total. The number of hydrogen-bond acceptors (Lipinski definition) is 6. The second-order valence-electron chi connectivity index (χ2n) is 7.72. The van der Waals surface area contributed by atoms with Crippen molar-refractivity contribution in [3.8, 4) is 0 Å². The number of carbonyl (C=O) groups excluding carboxylic acids is 1. The van der Waals surface area contributed by atoms with Crippen molar-refractivity contribution in [2.75, 3.05) is 31.0 Å². The smallest absolute Gasteiger partial charge is 0.337 e. The van der Waals surface area contributed by atoms with Crippen molar-refractivity contribution in [1.82, 2.24) is 4.31 Å². The van der Waals surface area contributed by atoms with Gasteiger partial charge in [-0.1, -0.05) is 18.0 Å². The van der Waals surface area contributed by atoms with Gasteiger partial charge >= 0.3 is 5.97 Å². The molecular formula is C21H23ClN2O6S2. The van der Waals surface area contributed by atoms with Crippen LogP contribution in [0.15, 0.2) is 46.2 Å². The Labute approximate surface area is 192 Å². The number of benzene rings is 2. The van der Waals surface area contributed by atoms with E-state index in [-0.39, 0.29) is 26.9 Å². The summed E-state index contributed by atoms with van der Waals surface area (Å²) in [5, 5.41) is -0.0181. The average molecular weight is 499 g/mol. The summed E-state index contributed by atoms with van der Waals surface area (Å²) in [5.41, 5.74) is 1.10. The summed E-state index contributed by atoms with van der Waals surface area (Å²) < 4.78 is 60.1. The van der Waals surface area contributed by atoms with Crippen LogP contribution in [0.2, 0.25) is 5.02 Å². The monoisotopic (exact) mass is 498 g/mol. The van der Waals surface area contributed by atoms with Crippen LogP contribution in [0.3, 0.4) is 0 Å². The van der Waals surface area contributed by atoms with E-state index in [0.717, 1.165) is 19.3 Å². The fourth-order valence-corrected chi connectivity index (χ4v) is 7.65. The molecule has 2 aromatic rings. The first-order valence-electron chi connectivity index (χ1n) is 10.2. The second kappa shape index (κ2) is 8.66. The Morgan fingerprint density at radius 3 is 2.34 bits per heavy atom. The Kier molecular flexibility index (Phi) is 6.23. The summed E-state index contributed by atoms with van der Waals surface area (Å²) in [6.07, 6.45) is 3.05. The summed E-state index contributed by atoms with van der Waals surface area (Å²) in [7, 11) is -6.50. The van der Waals surface area contributed by atoms with Crippen LogP contribution in [0.1, 0.15) is 35.2 Å². The number of anilines is 1. The van der Waals surface area contributed by atoms with Crippen LogP contribution in [0, 0.1) is 0 Å². The molecule has 2 aliphatic rings. The Morgan fingerprint density at radius 1 is 0.938 bits per heavy atom. The number of carbonyl (C=O) groups is 1. The third-order valence-corrected chi connectivity index (χ3v) is 9.97. The van der Waals surface area contributed by atoms with Crippen molar-refractivity contribution < 1.29 is 26.4 Å². The van der Waals surface area contributed by atoms with Crippen molar-refractivity contribution >= 4 is 43.3 Å². The Morgan fingerprint density at radius 2 is 1.66 bits per heavy atom. The number of sulfonamides is 2. The fourth-order valence-electron chi connectivity index (χ4n) is 4.08. The van der Waals surface area contributed by atoms with Crippen molar-refractivity contribution in [2.24, 2.45) is 0 Å². The minimum Gasteiger partial charge on any atom is -0.465 e. The molecule has 11 heteroatoms. The third-order valence-electron chi connectivity index (χ3n) is 5.78. The molecule has 0 aliphatic carbocycles. The molecule has 4 rings (SSSR count). The molecule has 172 valence electrons. The number of halogens is 1. The summed E-state index contributed by atoms with van der Waals surface area (Å²) in [4.78, 5) is 11.8. The highest BCUT2D eigenvalue weighted by Gasteiger charge is 2.34.